The van der Waals surface area contributed by atoms with Crippen molar-refractivity contribution in [1.29, 1.82) is 0 Å². The molecule has 1 amide bonds. The number of benzene rings is 1. The molecular weight excluding hydrogens is 282 g/mol. The summed E-state index contributed by atoms with van der Waals surface area (Å²) in [6.07, 6.45) is 5.27. The van der Waals surface area contributed by atoms with Crippen LogP contribution in [0, 0.1) is 0 Å². The van der Waals surface area contributed by atoms with Crippen LogP contribution < -0.4 is 5.32 Å². The molecule has 0 aliphatic heterocycles. The largest absolute Gasteiger partial charge is 0.350 e. The zero-order chi connectivity index (χ0) is 15.1. The predicted octanol–water partition coefficient (Wildman–Crippen LogP) is 3.17. The van der Waals surface area contributed by atoms with E-state index in [0.29, 0.717) is 6.42 Å². The molecule has 112 valence electrons. The molecule has 0 fully saturated rings. The van der Waals surface area contributed by atoms with E-state index < -0.39 is 0 Å². The normalized spacial score (nSPS) is 12.1. The summed E-state index contributed by atoms with van der Waals surface area (Å²) in [6, 6.07) is 10.1. The van der Waals surface area contributed by atoms with Crippen molar-refractivity contribution in [3.63, 3.8) is 0 Å². The van der Waals surface area contributed by atoms with Crippen molar-refractivity contribution < 1.29 is 4.79 Å². The fourth-order valence-electron chi connectivity index (χ4n) is 2.03. The summed E-state index contributed by atoms with van der Waals surface area (Å²) in [5, 5.41) is 7.15. The van der Waals surface area contributed by atoms with Gasteiger partial charge in [-0.1, -0.05) is 30.3 Å². The molecule has 0 radical (unpaired) electrons. The molecule has 0 aliphatic carbocycles. The van der Waals surface area contributed by atoms with Crippen LogP contribution in [0.4, 0.5) is 0 Å². The maximum atomic E-state index is 11.9. The Kier molecular flexibility index (Phi) is 5.87. The Morgan fingerprint density at radius 2 is 2.14 bits per heavy atom. The van der Waals surface area contributed by atoms with Crippen LogP contribution in [-0.4, -0.2) is 21.4 Å². The van der Waals surface area contributed by atoms with Crippen LogP contribution >= 0.6 is 11.8 Å². The Labute approximate surface area is 129 Å². The van der Waals surface area contributed by atoms with Gasteiger partial charge in [-0.2, -0.15) is 5.10 Å². The van der Waals surface area contributed by atoms with Gasteiger partial charge in [0.2, 0.25) is 5.91 Å². The zero-order valence-electron chi connectivity index (χ0n) is 12.5. The molecule has 1 aromatic carbocycles. The van der Waals surface area contributed by atoms with E-state index in [1.807, 2.05) is 56.7 Å². The number of nitrogens with one attached hydrogen (secondary N) is 1. The fraction of sp³-hybridized carbons (Fsp3) is 0.375. The van der Waals surface area contributed by atoms with E-state index >= 15 is 0 Å². The minimum atomic E-state index is 0.0599. The highest BCUT2D eigenvalue weighted by Crippen LogP contribution is 2.18. The van der Waals surface area contributed by atoms with Crippen LogP contribution in [0.2, 0.25) is 0 Å². The minimum Gasteiger partial charge on any atom is -0.350 e. The highest BCUT2D eigenvalue weighted by atomic mass is 32.2. The third-order valence-corrected chi connectivity index (χ3v) is 4.21. The first-order chi connectivity index (χ1) is 10.1. The molecule has 0 saturated carbocycles. The Bertz CT molecular complexity index is 568. The van der Waals surface area contributed by atoms with Crippen LogP contribution in [0.15, 0.2) is 47.6 Å². The summed E-state index contributed by atoms with van der Waals surface area (Å²) in [6.45, 7) is 2.01. The van der Waals surface area contributed by atoms with Gasteiger partial charge in [-0.3, -0.25) is 9.48 Å². The van der Waals surface area contributed by atoms with Crippen LogP contribution in [0.3, 0.4) is 0 Å². The van der Waals surface area contributed by atoms with Gasteiger partial charge in [-0.15, -0.1) is 11.8 Å². The van der Waals surface area contributed by atoms with E-state index in [1.165, 1.54) is 0 Å². The molecule has 2 aromatic rings. The van der Waals surface area contributed by atoms with Gasteiger partial charge in [-0.25, -0.2) is 0 Å². The lowest BCUT2D eigenvalue weighted by atomic mass is 10.1. The number of amides is 1. The number of rotatable bonds is 7. The van der Waals surface area contributed by atoms with Gasteiger partial charge >= 0.3 is 0 Å². The number of carbonyl (C=O) groups is 1. The topological polar surface area (TPSA) is 46.9 Å². The molecule has 1 N–H and O–H groups in total. The quantitative estimate of drug-likeness (QED) is 0.631. The van der Waals surface area contributed by atoms with E-state index in [9.17, 15) is 4.79 Å². The second-order valence-electron chi connectivity index (χ2n) is 5.00. The van der Waals surface area contributed by atoms with Crippen LogP contribution in [-0.2, 0) is 11.8 Å². The number of hydrogen-bond acceptors (Lipinski definition) is 3. The Hall–Kier alpha value is -1.75. The van der Waals surface area contributed by atoms with Gasteiger partial charge in [0.25, 0.3) is 0 Å². The highest BCUT2D eigenvalue weighted by Gasteiger charge is 2.08. The standard InChI is InChI=1S/C16H21N3OS/c1-13(14-7-4-3-5-8-14)18-16(20)9-6-10-21-15-11-17-19(2)12-15/h3-5,7-8,11-13H,6,9-10H2,1-2H3,(H,18,20). The van der Waals surface area contributed by atoms with Crippen molar-refractivity contribution in [2.75, 3.05) is 5.75 Å². The summed E-state index contributed by atoms with van der Waals surface area (Å²) in [4.78, 5) is 13.1. The average molecular weight is 303 g/mol. The molecule has 5 heteroatoms. The first-order valence-electron chi connectivity index (χ1n) is 7.11. The average Bonchev–Trinajstić information content (AvgIpc) is 2.90. The molecule has 0 spiro atoms. The molecule has 1 aromatic heterocycles. The van der Waals surface area contributed by atoms with E-state index in [0.717, 1.165) is 22.6 Å². The van der Waals surface area contributed by atoms with Crippen LogP contribution in [0.1, 0.15) is 31.4 Å². The minimum absolute atomic E-state index is 0.0599. The van der Waals surface area contributed by atoms with Crippen LogP contribution in [0.25, 0.3) is 0 Å². The monoisotopic (exact) mass is 303 g/mol. The Morgan fingerprint density at radius 3 is 2.81 bits per heavy atom. The first kappa shape index (κ1) is 15.6. The van der Waals surface area contributed by atoms with Gasteiger partial charge in [-0.05, 0) is 24.7 Å². The summed E-state index contributed by atoms with van der Waals surface area (Å²) in [5.41, 5.74) is 1.13. The highest BCUT2D eigenvalue weighted by molar-refractivity contribution is 7.99. The molecule has 1 heterocycles. The van der Waals surface area contributed by atoms with Gasteiger partial charge in [0.1, 0.15) is 0 Å². The lowest BCUT2D eigenvalue weighted by Crippen LogP contribution is -2.26. The number of nitrogens with zero attached hydrogens (tertiary/aromatic N) is 2. The molecule has 21 heavy (non-hydrogen) atoms. The van der Waals surface area contributed by atoms with Gasteiger partial charge in [0.05, 0.1) is 12.2 Å². The van der Waals surface area contributed by atoms with Crippen molar-refractivity contribution in [2.45, 2.75) is 30.7 Å². The van der Waals surface area contributed by atoms with Crippen molar-refractivity contribution >= 4 is 17.7 Å². The molecule has 0 aliphatic rings. The first-order valence-corrected chi connectivity index (χ1v) is 8.09. The summed E-state index contributed by atoms with van der Waals surface area (Å²) >= 11 is 1.74. The van der Waals surface area contributed by atoms with E-state index in [4.69, 9.17) is 0 Å². The Balaban J connectivity index is 1.65. The third-order valence-electron chi connectivity index (χ3n) is 3.18. The van der Waals surface area contributed by atoms with E-state index in [2.05, 4.69) is 10.4 Å². The Morgan fingerprint density at radius 1 is 1.38 bits per heavy atom. The maximum Gasteiger partial charge on any atom is 0.220 e. The predicted molar refractivity (Wildman–Crippen MR) is 86.2 cm³/mol. The van der Waals surface area contributed by atoms with Gasteiger partial charge in [0.15, 0.2) is 0 Å². The lowest BCUT2D eigenvalue weighted by molar-refractivity contribution is -0.121. The molecule has 4 nitrogen and oxygen atoms in total. The number of aromatic nitrogens is 2. The van der Waals surface area contributed by atoms with Crippen molar-refractivity contribution in [1.82, 2.24) is 15.1 Å². The second kappa shape index (κ2) is 7.88. The van der Waals surface area contributed by atoms with E-state index in [-0.39, 0.29) is 11.9 Å². The summed E-state index contributed by atoms with van der Waals surface area (Å²) in [5.74, 6) is 1.04. The van der Waals surface area contributed by atoms with Crippen molar-refractivity contribution in [3.8, 4) is 0 Å². The lowest BCUT2D eigenvalue weighted by Gasteiger charge is -2.14. The maximum absolute atomic E-state index is 11.9. The second-order valence-corrected chi connectivity index (χ2v) is 6.17. The summed E-state index contributed by atoms with van der Waals surface area (Å²) in [7, 11) is 1.91. The zero-order valence-corrected chi connectivity index (χ0v) is 13.3. The smallest absolute Gasteiger partial charge is 0.220 e. The fourth-order valence-corrected chi connectivity index (χ4v) is 2.91. The third kappa shape index (κ3) is 5.27. The molecular formula is C16H21N3OS. The number of thioether (sulfide) groups is 1. The molecule has 2 rings (SSSR count). The molecule has 0 bridgehead atoms. The van der Waals surface area contributed by atoms with Crippen molar-refractivity contribution in [2.24, 2.45) is 7.05 Å². The SMILES string of the molecule is CC(NC(=O)CCCSc1cnn(C)c1)c1ccccc1. The molecule has 1 atom stereocenters. The molecule has 1 unspecified atom stereocenters. The van der Waals surface area contributed by atoms with Crippen molar-refractivity contribution in [3.05, 3.63) is 48.3 Å². The van der Waals surface area contributed by atoms with E-state index in [1.54, 1.807) is 16.4 Å². The van der Waals surface area contributed by atoms with Crippen LogP contribution in [0.5, 0.6) is 0 Å². The number of carbonyl (C=O) groups excluding carboxylic acids is 1. The number of aryl methyl sites for hydroxylation is 1. The van der Waals surface area contributed by atoms with Gasteiger partial charge in [0, 0.05) is 24.6 Å². The number of hydrogen-bond donors (Lipinski definition) is 1. The van der Waals surface area contributed by atoms with Gasteiger partial charge < -0.3 is 5.32 Å². The summed E-state index contributed by atoms with van der Waals surface area (Å²) < 4.78 is 1.79. The molecule has 0 saturated heterocycles.